The Hall–Kier alpha value is -2.39. The highest BCUT2D eigenvalue weighted by Gasteiger charge is 2.14. The van der Waals surface area contributed by atoms with Gasteiger partial charge < -0.3 is 15.2 Å². The van der Waals surface area contributed by atoms with Gasteiger partial charge in [-0.25, -0.2) is 13.1 Å². The number of guanidine groups is 1. The Morgan fingerprint density at radius 2 is 1.86 bits per heavy atom. The molecule has 1 heterocycles. The van der Waals surface area contributed by atoms with Crippen LogP contribution in [0.3, 0.4) is 0 Å². The Bertz CT molecular complexity index is 841. The average molecular weight is 408 g/mol. The first-order valence-electron chi connectivity index (χ1n) is 9.41. The van der Waals surface area contributed by atoms with E-state index in [1.165, 1.54) is 0 Å². The quantitative estimate of drug-likeness (QED) is 0.408. The van der Waals surface area contributed by atoms with Crippen LogP contribution in [0, 0.1) is 0 Å². The Morgan fingerprint density at radius 1 is 1.11 bits per heavy atom. The van der Waals surface area contributed by atoms with Crippen molar-refractivity contribution in [1.29, 1.82) is 0 Å². The van der Waals surface area contributed by atoms with Crippen LogP contribution in [0.5, 0.6) is 0 Å². The third kappa shape index (κ3) is 6.65. The summed E-state index contributed by atoms with van der Waals surface area (Å²) in [5.41, 5.74) is 2.88. The summed E-state index contributed by atoms with van der Waals surface area (Å²) in [5, 5.41) is 10.3. The van der Waals surface area contributed by atoms with Crippen LogP contribution in [0.4, 0.5) is 0 Å². The van der Waals surface area contributed by atoms with E-state index in [0.29, 0.717) is 12.5 Å². The van der Waals surface area contributed by atoms with Crippen LogP contribution < -0.4 is 15.4 Å². The number of hydrogen-bond acceptors (Lipinski definition) is 5. The molecule has 1 aromatic carbocycles. The molecule has 154 valence electrons. The second-order valence-electron chi connectivity index (χ2n) is 6.22. The SMILES string of the molecule is CCc1noc(CC)c1CNC(=NC)NCCS(=O)(=O)NCc1ccccc1. The van der Waals surface area contributed by atoms with Gasteiger partial charge in [-0.05, 0) is 12.0 Å². The van der Waals surface area contributed by atoms with Crippen molar-refractivity contribution in [1.82, 2.24) is 20.5 Å². The molecule has 8 nitrogen and oxygen atoms in total. The molecule has 0 saturated carbocycles. The molecule has 0 aliphatic carbocycles. The summed E-state index contributed by atoms with van der Waals surface area (Å²) in [6.45, 7) is 5.09. The van der Waals surface area contributed by atoms with Gasteiger partial charge in [0.25, 0.3) is 0 Å². The molecule has 2 aromatic rings. The summed E-state index contributed by atoms with van der Waals surface area (Å²) < 4.78 is 32.3. The molecule has 2 rings (SSSR count). The minimum absolute atomic E-state index is 0.0474. The molecule has 3 N–H and O–H groups in total. The lowest BCUT2D eigenvalue weighted by atomic mass is 10.1. The van der Waals surface area contributed by atoms with Gasteiger partial charge in [0.1, 0.15) is 5.76 Å². The molecule has 0 aliphatic rings. The van der Waals surface area contributed by atoms with Crippen molar-refractivity contribution in [2.45, 2.75) is 39.8 Å². The number of benzene rings is 1. The van der Waals surface area contributed by atoms with Gasteiger partial charge in [-0.2, -0.15) is 0 Å². The molecule has 0 bridgehead atoms. The predicted octanol–water partition coefficient (Wildman–Crippen LogP) is 1.58. The number of nitrogens with zero attached hydrogens (tertiary/aromatic N) is 2. The molecular weight excluding hydrogens is 378 g/mol. The molecule has 0 saturated heterocycles. The van der Waals surface area contributed by atoms with E-state index in [2.05, 4.69) is 25.5 Å². The second-order valence-corrected chi connectivity index (χ2v) is 8.14. The van der Waals surface area contributed by atoms with Gasteiger partial charge in [0.2, 0.25) is 10.0 Å². The molecule has 0 unspecified atom stereocenters. The maximum absolute atomic E-state index is 12.2. The van der Waals surface area contributed by atoms with E-state index in [-0.39, 0.29) is 18.8 Å². The topological polar surface area (TPSA) is 109 Å². The third-order valence-corrected chi connectivity index (χ3v) is 5.59. The van der Waals surface area contributed by atoms with Gasteiger partial charge in [-0.15, -0.1) is 0 Å². The summed E-state index contributed by atoms with van der Waals surface area (Å²) >= 11 is 0. The standard InChI is InChI=1S/C19H29N5O3S/c1-4-17-16(18(5-2)27-24-17)14-22-19(20-3)21-11-12-28(25,26)23-13-15-9-7-6-8-10-15/h6-10,23H,4-5,11-14H2,1-3H3,(H2,20,21,22). The van der Waals surface area contributed by atoms with Crippen molar-refractivity contribution in [2.24, 2.45) is 4.99 Å². The van der Waals surface area contributed by atoms with Crippen molar-refractivity contribution in [2.75, 3.05) is 19.3 Å². The molecule has 28 heavy (non-hydrogen) atoms. The van der Waals surface area contributed by atoms with Crippen LogP contribution in [0.15, 0.2) is 39.8 Å². The molecule has 0 amide bonds. The Balaban J connectivity index is 1.80. The van der Waals surface area contributed by atoms with Gasteiger partial charge in [-0.3, -0.25) is 4.99 Å². The normalized spacial score (nSPS) is 12.2. The van der Waals surface area contributed by atoms with E-state index < -0.39 is 10.0 Å². The first-order chi connectivity index (χ1) is 13.5. The highest BCUT2D eigenvalue weighted by molar-refractivity contribution is 7.89. The number of hydrogen-bond donors (Lipinski definition) is 3. The molecule has 0 radical (unpaired) electrons. The van der Waals surface area contributed by atoms with Crippen LogP contribution in [-0.4, -0.2) is 38.9 Å². The summed E-state index contributed by atoms with van der Waals surface area (Å²) in [5.74, 6) is 1.34. The number of sulfonamides is 1. The van der Waals surface area contributed by atoms with E-state index in [4.69, 9.17) is 4.52 Å². The van der Waals surface area contributed by atoms with E-state index in [9.17, 15) is 8.42 Å². The van der Waals surface area contributed by atoms with Crippen molar-refractivity contribution in [3.63, 3.8) is 0 Å². The maximum Gasteiger partial charge on any atom is 0.213 e. The van der Waals surface area contributed by atoms with E-state index in [1.807, 2.05) is 44.2 Å². The van der Waals surface area contributed by atoms with Gasteiger partial charge >= 0.3 is 0 Å². The fourth-order valence-electron chi connectivity index (χ4n) is 2.70. The molecule has 1 aromatic heterocycles. The number of nitrogens with one attached hydrogen (secondary N) is 3. The van der Waals surface area contributed by atoms with Crippen LogP contribution in [0.1, 0.15) is 36.4 Å². The number of aliphatic imine (C=N–C) groups is 1. The fraction of sp³-hybridized carbons (Fsp3) is 0.474. The molecule has 0 fully saturated rings. The summed E-state index contributed by atoms with van der Waals surface area (Å²) in [6, 6.07) is 9.42. The lowest BCUT2D eigenvalue weighted by Crippen LogP contribution is -2.40. The van der Waals surface area contributed by atoms with E-state index >= 15 is 0 Å². The number of aromatic nitrogens is 1. The van der Waals surface area contributed by atoms with Crippen LogP contribution in [0.2, 0.25) is 0 Å². The zero-order chi connectivity index (χ0) is 20.4. The molecular formula is C19H29N5O3S. The minimum atomic E-state index is -3.38. The van der Waals surface area contributed by atoms with Crippen molar-refractivity contribution >= 4 is 16.0 Å². The smallest absolute Gasteiger partial charge is 0.213 e. The third-order valence-electron chi connectivity index (χ3n) is 4.27. The van der Waals surface area contributed by atoms with Crippen molar-refractivity contribution in [3.05, 3.63) is 52.9 Å². The summed E-state index contributed by atoms with van der Waals surface area (Å²) in [4.78, 5) is 4.14. The molecule has 0 aliphatic heterocycles. The zero-order valence-corrected chi connectivity index (χ0v) is 17.5. The van der Waals surface area contributed by atoms with E-state index in [1.54, 1.807) is 7.05 Å². The van der Waals surface area contributed by atoms with Crippen molar-refractivity contribution in [3.8, 4) is 0 Å². The van der Waals surface area contributed by atoms with Crippen LogP contribution >= 0.6 is 0 Å². The Labute approximate surface area is 166 Å². The van der Waals surface area contributed by atoms with Gasteiger partial charge in [0.15, 0.2) is 5.96 Å². The summed E-state index contributed by atoms with van der Waals surface area (Å²) in [7, 11) is -1.74. The Kier molecular flexibility index (Phi) is 8.46. The number of aryl methyl sites for hydroxylation is 2. The van der Waals surface area contributed by atoms with Crippen LogP contribution in [0.25, 0.3) is 0 Å². The van der Waals surface area contributed by atoms with Gasteiger partial charge in [-0.1, -0.05) is 49.3 Å². The lowest BCUT2D eigenvalue weighted by molar-refractivity contribution is 0.380. The number of rotatable bonds is 10. The van der Waals surface area contributed by atoms with E-state index in [0.717, 1.165) is 35.4 Å². The second kappa shape index (κ2) is 10.8. The highest BCUT2D eigenvalue weighted by Crippen LogP contribution is 2.15. The fourth-order valence-corrected chi connectivity index (χ4v) is 3.60. The monoisotopic (exact) mass is 407 g/mol. The molecule has 9 heteroatoms. The maximum atomic E-state index is 12.2. The Morgan fingerprint density at radius 3 is 2.50 bits per heavy atom. The average Bonchev–Trinajstić information content (AvgIpc) is 3.11. The first-order valence-corrected chi connectivity index (χ1v) is 11.1. The summed E-state index contributed by atoms with van der Waals surface area (Å²) in [6.07, 6.45) is 1.55. The largest absolute Gasteiger partial charge is 0.361 e. The molecule has 0 atom stereocenters. The lowest BCUT2D eigenvalue weighted by Gasteiger charge is -2.13. The first kappa shape index (κ1) is 21.9. The van der Waals surface area contributed by atoms with Gasteiger partial charge in [0.05, 0.1) is 11.4 Å². The van der Waals surface area contributed by atoms with Crippen LogP contribution in [-0.2, 0) is 36.0 Å². The minimum Gasteiger partial charge on any atom is -0.361 e. The predicted molar refractivity (Wildman–Crippen MR) is 111 cm³/mol. The zero-order valence-electron chi connectivity index (χ0n) is 16.7. The highest BCUT2D eigenvalue weighted by atomic mass is 32.2. The van der Waals surface area contributed by atoms with Gasteiger partial charge in [0, 0.05) is 38.7 Å². The van der Waals surface area contributed by atoms with Crippen molar-refractivity contribution < 1.29 is 12.9 Å². The molecule has 0 spiro atoms.